The van der Waals surface area contributed by atoms with E-state index >= 15 is 0 Å². The third-order valence-electron chi connectivity index (χ3n) is 3.23. The highest BCUT2D eigenvalue weighted by Crippen LogP contribution is 2.18. The van der Waals surface area contributed by atoms with Gasteiger partial charge in [-0.15, -0.1) is 0 Å². The van der Waals surface area contributed by atoms with Crippen molar-refractivity contribution in [3.8, 4) is 11.4 Å². The van der Waals surface area contributed by atoms with Gasteiger partial charge in [0.15, 0.2) is 0 Å². The summed E-state index contributed by atoms with van der Waals surface area (Å²) in [6.45, 7) is 0.576. The largest absolute Gasteiger partial charge is 0.382 e. The van der Waals surface area contributed by atoms with Gasteiger partial charge in [-0.25, -0.2) is 4.98 Å². The molecule has 2 heterocycles. The zero-order valence-electron chi connectivity index (χ0n) is 11.4. The smallest absolute Gasteiger partial charge is 0.142 e. The average Bonchev–Trinajstić information content (AvgIpc) is 2.96. The first-order valence-electron chi connectivity index (χ1n) is 6.60. The molecule has 21 heavy (non-hydrogen) atoms. The number of nitrogens with two attached hydrogens (primary N) is 1. The molecule has 0 atom stereocenters. The van der Waals surface area contributed by atoms with Crippen LogP contribution in [0.5, 0.6) is 0 Å². The van der Waals surface area contributed by atoms with Crippen LogP contribution in [0, 0.1) is 5.41 Å². The van der Waals surface area contributed by atoms with Gasteiger partial charge in [-0.3, -0.25) is 10.4 Å². The number of pyridine rings is 1. The first-order valence-corrected chi connectivity index (χ1v) is 6.60. The van der Waals surface area contributed by atoms with Gasteiger partial charge >= 0.3 is 0 Å². The summed E-state index contributed by atoms with van der Waals surface area (Å²) in [5, 5.41) is 7.61. The number of imidazole rings is 1. The number of hydrogen-bond donors (Lipinski definition) is 2. The first-order chi connectivity index (χ1) is 10.3. The topological polar surface area (TPSA) is 80.6 Å². The van der Waals surface area contributed by atoms with Crippen molar-refractivity contribution >= 4 is 5.84 Å². The van der Waals surface area contributed by atoms with Crippen LogP contribution in [0.2, 0.25) is 0 Å². The monoisotopic (exact) mass is 277 g/mol. The van der Waals surface area contributed by atoms with E-state index in [1.165, 1.54) is 0 Å². The maximum atomic E-state index is 7.61. The lowest BCUT2D eigenvalue weighted by Gasteiger charge is -2.10. The molecule has 0 aliphatic rings. The standard InChI is InChI=1S/C16H15N5/c17-15(18)14-13(7-4-8-19-14)11-21-10-9-20-16(21)12-5-2-1-3-6-12/h1-10H,11H2,(H3,17,18). The Morgan fingerprint density at radius 2 is 1.86 bits per heavy atom. The maximum absolute atomic E-state index is 7.61. The molecule has 0 amide bonds. The second-order valence-electron chi connectivity index (χ2n) is 4.67. The fourth-order valence-electron chi connectivity index (χ4n) is 2.28. The Balaban J connectivity index is 1.98. The normalized spacial score (nSPS) is 10.5. The zero-order valence-corrected chi connectivity index (χ0v) is 11.4. The molecular formula is C16H15N5. The SMILES string of the molecule is N=C(N)c1ncccc1Cn1ccnc1-c1ccccc1. The van der Waals surface area contributed by atoms with Crippen molar-refractivity contribution in [1.29, 1.82) is 5.41 Å². The third-order valence-corrected chi connectivity index (χ3v) is 3.23. The molecule has 0 aliphatic carbocycles. The van der Waals surface area contributed by atoms with Crippen molar-refractivity contribution < 1.29 is 0 Å². The molecule has 3 rings (SSSR count). The van der Waals surface area contributed by atoms with E-state index < -0.39 is 0 Å². The van der Waals surface area contributed by atoms with Crippen molar-refractivity contribution in [2.75, 3.05) is 0 Å². The van der Waals surface area contributed by atoms with Crippen LogP contribution in [0.25, 0.3) is 11.4 Å². The summed E-state index contributed by atoms with van der Waals surface area (Å²) in [7, 11) is 0. The van der Waals surface area contributed by atoms with E-state index in [0.29, 0.717) is 12.2 Å². The average molecular weight is 277 g/mol. The molecule has 0 spiro atoms. The third kappa shape index (κ3) is 2.67. The fourth-order valence-corrected chi connectivity index (χ4v) is 2.28. The molecule has 0 radical (unpaired) electrons. The Morgan fingerprint density at radius 3 is 2.62 bits per heavy atom. The molecule has 0 unspecified atom stereocenters. The Hall–Kier alpha value is -2.95. The van der Waals surface area contributed by atoms with Crippen LogP contribution in [-0.2, 0) is 6.54 Å². The summed E-state index contributed by atoms with van der Waals surface area (Å²) in [6.07, 6.45) is 5.33. The van der Waals surface area contributed by atoms with Crippen LogP contribution in [0.15, 0.2) is 61.1 Å². The molecule has 5 nitrogen and oxygen atoms in total. The summed E-state index contributed by atoms with van der Waals surface area (Å²) < 4.78 is 2.03. The van der Waals surface area contributed by atoms with Crippen LogP contribution in [-0.4, -0.2) is 20.4 Å². The highest BCUT2D eigenvalue weighted by molar-refractivity contribution is 5.94. The molecule has 104 valence electrons. The number of nitrogens with one attached hydrogen (secondary N) is 1. The number of nitrogen functional groups attached to an aromatic ring is 1. The van der Waals surface area contributed by atoms with Crippen LogP contribution >= 0.6 is 0 Å². The lowest BCUT2D eigenvalue weighted by molar-refractivity contribution is 0.800. The summed E-state index contributed by atoms with van der Waals surface area (Å²) in [5.74, 6) is 0.862. The van der Waals surface area contributed by atoms with Crippen LogP contribution in [0.4, 0.5) is 0 Å². The van der Waals surface area contributed by atoms with Gasteiger partial charge in [0.1, 0.15) is 17.4 Å². The van der Waals surface area contributed by atoms with Gasteiger partial charge in [0.05, 0.1) is 6.54 Å². The molecule has 1 aromatic carbocycles. The Labute approximate surface area is 122 Å². The van der Waals surface area contributed by atoms with Gasteiger partial charge in [0, 0.05) is 29.7 Å². The van der Waals surface area contributed by atoms with Gasteiger partial charge in [-0.1, -0.05) is 36.4 Å². The maximum Gasteiger partial charge on any atom is 0.142 e. The Bertz CT molecular complexity index is 761. The predicted molar refractivity (Wildman–Crippen MR) is 82.0 cm³/mol. The number of hydrogen-bond acceptors (Lipinski definition) is 3. The molecule has 0 saturated heterocycles. The van der Waals surface area contributed by atoms with Gasteiger partial charge in [-0.2, -0.15) is 0 Å². The lowest BCUT2D eigenvalue weighted by Crippen LogP contribution is -2.17. The Morgan fingerprint density at radius 1 is 1.05 bits per heavy atom. The molecule has 0 aliphatic heterocycles. The minimum atomic E-state index is -0.0213. The fraction of sp³-hybridized carbons (Fsp3) is 0.0625. The number of amidine groups is 1. The molecule has 0 saturated carbocycles. The number of benzene rings is 1. The molecule has 3 N–H and O–H groups in total. The first kappa shape index (κ1) is 13.1. The van der Waals surface area contributed by atoms with Gasteiger partial charge in [-0.05, 0) is 6.07 Å². The van der Waals surface area contributed by atoms with Crippen molar-refractivity contribution in [3.05, 3.63) is 72.3 Å². The number of rotatable bonds is 4. The minimum Gasteiger partial charge on any atom is -0.382 e. The summed E-state index contributed by atoms with van der Waals surface area (Å²) in [6, 6.07) is 13.8. The van der Waals surface area contributed by atoms with E-state index in [2.05, 4.69) is 9.97 Å². The van der Waals surface area contributed by atoms with Crippen molar-refractivity contribution in [3.63, 3.8) is 0 Å². The highest BCUT2D eigenvalue weighted by Gasteiger charge is 2.10. The molecule has 5 heteroatoms. The van der Waals surface area contributed by atoms with E-state index in [9.17, 15) is 0 Å². The van der Waals surface area contributed by atoms with E-state index in [1.807, 2.05) is 53.2 Å². The number of aromatic nitrogens is 3. The second kappa shape index (κ2) is 5.58. The van der Waals surface area contributed by atoms with E-state index in [1.54, 1.807) is 12.4 Å². The zero-order chi connectivity index (χ0) is 14.7. The molecule has 2 aromatic heterocycles. The van der Waals surface area contributed by atoms with E-state index in [-0.39, 0.29) is 5.84 Å². The summed E-state index contributed by atoms with van der Waals surface area (Å²) in [5.41, 5.74) is 8.06. The summed E-state index contributed by atoms with van der Waals surface area (Å²) in [4.78, 5) is 8.59. The van der Waals surface area contributed by atoms with Crippen LogP contribution in [0.3, 0.4) is 0 Å². The lowest BCUT2D eigenvalue weighted by atomic mass is 10.1. The van der Waals surface area contributed by atoms with Crippen LogP contribution < -0.4 is 5.73 Å². The highest BCUT2D eigenvalue weighted by atomic mass is 15.1. The molecule has 3 aromatic rings. The Kier molecular flexibility index (Phi) is 3.47. The van der Waals surface area contributed by atoms with Gasteiger partial charge in [0.25, 0.3) is 0 Å². The molecular weight excluding hydrogens is 262 g/mol. The predicted octanol–water partition coefficient (Wildman–Crippen LogP) is 2.28. The van der Waals surface area contributed by atoms with Gasteiger partial charge < -0.3 is 10.3 Å². The minimum absolute atomic E-state index is 0.0213. The molecule has 0 fully saturated rings. The molecule has 0 bridgehead atoms. The van der Waals surface area contributed by atoms with Crippen LogP contribution in [0.1, 0.15) is 11.3 Å². The van der Waals surface area contributed by atoms with Crippen molar-refractivity contribution in [2.24, 2.45) is 5.73 Å². The van der Waals surface area contributed by atoms with Crippen molar-refractivity contribution in [1.82, 2.24) is 14.5 Å². The van der Waals surface area contributed by atoms with E-state index in [0.717, 1.165) is 17.0 Å². The second-order valence-corrected chi connectivity index (χ2v) is 4.67. The summed E-state index contributed by atoms with van der Waals surface area (Å²) >= 11 is 0. The number of nitrogens with zero attached hydrogens (tertiary/aromatic N) is 3. The van der Waals surface area contributed by atoms with E-state index in [4.69, 9.17) is 11.1 Å². The van der Waals surface area contributed by atoms with Gasteiger partial charge in [0.2, 0.25) is 0 Å². The quantitative estimate of drug-likeness (QED) is 0.567. The van der Waals surface area contributed by atoms with Crippen molar-refractivity contribution in [2.45, 2.75) is 6.54 Å².